The molecule has 0 amide bonds. The number of rotatable bonds is 4. The molecule has 0 unspecified atom stereocenters. The average Bonchev–Trinajstić information content (AvgIpc) is 2.56. The van der Waals surface area contributed by atoms with E-state index in [2.05, 4.69) is 0 Å². The summed E-state index contributed by atoms with van der Waals surface area (Å²) in [7, 11) is 1.61. The highest BCUT2D eigenvalue weighted by Crippen LogP contribution is 2.29. The maximum atomic E-state index is 12.9. The van der Waals surface area contributed by atoms with Crippen molar-refractivity contribution < 1.29 is 13.9 Å². The number of ether oxygens (including phenoxy) is 1. The Bertz CT molecular complexity index is 822. The van der Waals surface area contributed by atoms with Crippen molar-refractivity contribution in [1.82, 2.24) is 0 Å². The second-order valence-corrected chi connectivity index (χ2v) is 5.09. The Morgan fingerprint density at radius 3 is 2.32 bits per heavy atom. The van der Waals surface area contributed by atoms with Gasteiger partial charge < -0.3 is 4.74 Å². The van der Waals surface area contributed by atoms with Gasteiger partial charge in [0.1, 0.15) is 11.6 Å². The molecular weight excluding hydrogens is 279 g/mol. The fourth-order valence-corrected chi connectivity index (χ4v) is 2.58. The third-order valence-electron chi connectivity index (χ3n) is 3.68. The Balaban J connectivity index is 1.99. The summed E-state index contributed by atoms with van der Waals surface area (Å²) < 4.78 is 18.3. The average molecular weight is 294 g/mol. The van der Waals surface area contributed by atoms with E-state index < -0.39 is 0 Å². The largest absolute Gasteiger partial charge is 0.496 e. The minimum Gasteiger partial charge on any atom is -0.496 e. The molecule has 0 spiro atoms. The van der Waals surface area contributed by atoms with Crippen LogP contribution in [0.5, 0.6) is 5.75 Å². The van der Waals surface area contributed by atoms with Crippen LogP contribution in [-0.2, 0) is 6.42 Å². The SMILES string of the molecule is COc1ccc(C(=O)Cc2ccc(F)cc2)c2ccccc12. The molecule has 0 bridgehead atoms. The first-order valence-electron chi connectivity index (χ1n) is 7.02. The van der Waals surface area contributed by atoms with Crippen LogP contribution in [0, 0.1) is 5.82 Å². The number of halogens is 1. The van der Waals surface area contributed by atoms with E-state index in [4.69, 9.17) is 4.74 Å². The van der Waals surface area contributed by atoms with Crippen molar-refractivity contribution in [3.05, 3.63) is 77.6 Å². The zero-order chi connectivity index (χ0) is 15.5. The van der Waals surface area contributed by atoms with Gasteiger partial charge in [-0.2, -0.15) is 0 Å². The fraction of sp³-hybridized carbons (Fsp3) is 0.105. The summed E-state index contributed by atoms with van der Waals surface area (Å²) in [6.45, 7) is 0. The minimum absolute atomic E-state index is 0.00506. The zero-order valence-electron chi connectivity index (χ0n) is 12.2. The van der Waals surface area contributed by atoms with Crippen molar-refractivity contribution in [1.29, 1.82) is 0 Å². The molecule has 0 saturated carbocycles. The van der Waals surface area contributed by atoms with Crippen LogP contribution in [-0.4, -0.2) is 12.9 Å². The van der Waals surface area contributed by atoms with Crippen LogP contribution in [0.2, 0.25) is 0 Å². The molecule has 3 aromatic rings. The molecule has 0 aromatic heterocycles. The van der Waals surface area contributed by atoms with Crippen molar-refractivity contribution in [3.8, 4) is 5.75 Å². The maximum Gasteiger partial charge on any atom is 0.167 e. The van der Waals surface area contributed by atoms with E-state index >= 15 is 0 Å². The van der Waals surface area contributed by atoms with Gasteiger partial charge in [-0.15, -0.1) is 0 Å². The number of carbonyl (C=O) groups excluding carboxylic acids is 1. The lowest BCUT2D eigenvalue weighted by atomic mass is 9.97. The third kappa shape index (κ3) is 2.70. The summed E-state index contributed by atoms with van der Waals surface area (Å²) in [6.07, 6.45) is 0.247. The molecule has 0 heterocycles. The second-order valence-electron chi connectivity index (χ2n) is 5.09. The Morgan fingerprint density at radius 2 is 1.64 bits per heavy atom. The predicted molar refractivity (Wildman–Crippen MR) is 84.9 cm³/mol. The van der Waals surface area contributed by atoms with Crippen LogP contribution in [0.25, 0.3) is 10.8 Å². The summed E-state index contributed by atoms with van der Waals surface area (Å²) in [4.78, 5) is 12.6. The molecule has 0 aliphatic rings. The first-order valence-corrected chi connectivity index (χ1v) is 7.02. The lowest BCUT2D eigenvalue weighted by Crippen LogP contribution is -2.05. The van der Waals surface area contributed by atoms with E-state index in [1.165, 1.54) is 12.1 Å². The second kappa shape index (κ2) is 5.98. The fourth-order valence-electron chi connectivity index (χ4n) is 2.58. The van der Waals surface area contributed by atoms with Crippen molar-refractivity contribution >= 4 is 16.6 Å². The highest BCUT2D eigenvalue weighted by molar-refractivity contribution is 6.10. The molecule has 22 heavy (non-hydrogen) atoms. The van der Waals surface area contributed by atoms with Crippen molar-refractivity contribution in [2.75, 3.05) is 7.11 Å². The Labute approximate surface area is 128 Å². The summed E-state index contributed by atoms with van der Waals surface area (Å²) >= 11 is 0. The van der Waals surface area contributed by atoms with Crippen LogP contribution in [0.3, 0.4) is 0 Å². The number of hydrogen-bond donors (Lipinski definition) is 0. The minimum atomic E-state index is -0.300. The van der Waals surface area contributed by atoms with Crippen LogP contribution in [0.15, 0.2) is 60.7 Å². The first-order chi connectivity index (χ1) is 10.7. The molecule has 0 fully saturated rings. The number of fused-ring (bicyclic) bond motifs is 1. The van der Waals surface area contributed by atoms with Gasteiger partial charge in [0.2, 0.25) is 0 Å². The molecule has 0 saturated heterocycles. The van der Waals surface area contributed by atoms with Crippen LogP contribution < -0.4 is 4.74 Å². The monoisotopic (exact) mass is 294 g/mol. The van der Waals surface area contributed by atoms with Gasteiger partial charge in [-0.1, -0.05) is 36.4 Å². The molecule has 0 radical (unpaired) electrons. The standard InChI is InChI=1S/C19H15FO2/c1-22-19-11-10-16(15-4-2-3-5-17(15)19)18(21)12-13-6-8-14(20)9-7-13/h2-11H,12H2,1H3. The molecule has 110 valence electrons. The Morgan fingerprint density at radius 1 is 0.955 bits per heavy atom. The molecule has 0 aliphatic heterocycles. The molecule has 0 N–H and O–H groups in total. The number of hydrogen-bond acceptors (Lipinski definition) is 2. The number of ketones is 1. The van der Waals surface area contributed by atoms with Crippen LogP contribution >= 0.6 is 0 Å². The number of Topliss-reactive ketones (excluding diaryl/α,β-unsaturated/α-hetero) is 1. The van der Waals surface area contributed by atoms with Gasteiger partial charge in [0.05, 0.1) is 7.11 Å². The highest BCUT2D eigenvalue weighted by atomic mass is 19.1. The number of carbonyl (C=O) groups is 1. The van der Waals surface area contributed by atoms with Gasteiger partial charge in [-0.25, -0.2) is 4.39 Å². The quantitative estimate of drug-likeness (QED) is 0.666. The maximum absolute atomic E-state index is 12.9. The van der Waals surface area contributed by atoms with E-state index in [1.54, 1.807) is 31.4 Å². The van der Waals surface area contributed by atoms with Gasteiger partial charge in [-0.05, 0) is 35.2 Å². The molecule has 0 aliphatic carbocycles. The first kappa shape index (κ1) is 14.3. The van der Waals surface area contributed by atoms with Crippen molar-refractivity contribution in [2.45, 2.75) is 6.42 Å². The third-order valence-corrected chi connectivity index (χ3v) is 3.68. The lowest BCUT2D eigenvalue weighted by Gasteiger charge is -2.10. The molecule has 3 heteroatoms. The predicted octanol–water partition coefficient (Wildman–Crippen LogP) is 4.41. The van der Waals surface area contributed by atoms with Crippen LogP contribution in [0.1, 0.15) is 15.9 Å². The van der Waals surface area contributed by atoms with Gasteiger partial charge in [0.25, 0.3) is 0 Å². The summed E-state index contributed by atoms with van der Waals surface area (Å²) in [5.41, 5.74) is 1.45. The topological polar surface area (TPSA) is 26.3 Å². The van der Waals surface area contributed by atoms with Gasteiger partial charge in [0, 0.05) is 17.4 Å². The van der Waals surface area contributed by atoms with Gasteiger partial charge in [0.15, 0.2) is 5.78 Å². The van der Waals surface area contributed by atoms with E-state index in [-0.39, 0.29) is 18.0 Å². The molecule has 3 rings (SSSR count). The number of benzene rings is 3. The van der Waals surface area contributed by atoms with E-state index in [0.29, 0.717) is 5.56 Å². The van der Waals surface area contributed by atoms with Crippen molar-refractivity contribution in [3.63, 3.8) is 0 Å². The van der Waals surface area contributed by atoms with Crippen LogP contribution in [0.4, 0.5) is 4.39 Å². The summed E-state index contributed by atoms with van der Waals surface area (Å²) in [5, 5.41) is 1.78. The lowest BCUT2D eigenvalue weighted by molar-refractivity contribution is 0.0994. The normalized spacial score (nSPS) is 10.6. The Hall–Kier alpha value is -2.68. The van der Waals surface area contributed by atoms with Crippen molar-refractivity contribution in [2.24, 2.45) is 0 Å². The zero-order valence-corrected chi connectivity index (χ0v) is 12.2. The van der Waals surface area contributed by atoms with E-state index in [0.717, 1.165) is 22.1 Å². The number of methoxy groups -OCH3 is 1. The molecule has 0 atom stereocenters. The van der Waals surface area contributed by atoms with Gasteiger partial charge >= 0.3 is 0 Å². The van der Waals surface area contributed by atoms with E-state index in [9.17, 15) is 9.18 Å². The smallest absolute Gasteiger partial charge is 0.167 e. The molecule has 2 nitrogen and oxygen atoms in total. The molecular formula is C19H15FO2. The summed E-state index contributed by atoms with van der Waals surface area (Å²) in [6, 6.07) is 17.3. The Kier molecular flexibility index (Phi) is 3.88. The molecule has 3 aromatic carbocycles. The highest BCUT2D eigenvalue weighted by Gasteiger charge is 2.13. The summed E-state index contributed by atoms with van der Waals surface area (Å²) in [5.74, 6) is 0.450. The van der Waals surface area contributed by atoms with Gasteiger partial charge in [-0.3, -0.25) is 4.79 Å². The van der Waals surface area contributed by atoms with E-state index in [1.807, 2.05) is 24.3 Å².